The molecule has 0 unspecified atom stereocenters. The van der Waals surface area contributed by atoms with Crippen LogP contribution < -0.4 is 15.6 Å². The van der Waals surface area contributed by atoms with Crippen LogP contribution in [0.5, 0.6) is 0 Å². The predicted octanol–water partition coefficient (Wildman–Crippen LogP) is 4.06. The van der Waals surface area contributed by atoms with Gasteiger partial charge in [0.2, 0.25) is 5.91 Å². The van der Waals surface area contributed by atoms with Crippen LogP contribution in [0.1, 0.15) is 24.6 Å². The number of nitrogens with zero attached hydrogens (tertiary/aromatic N) is 3. The molecule has 0 bridgehead atoms. The Morgan fingerprint density at radius 2 is 1.87 bits per heavy atom. The fourth-order valence-electron chi connectivity index (χ4n) is 4.50. The number of fused-ring (bicyclic) bond motifs is 1. The van der Waals surface area contributed by atoms with Gasteiger partial charge >= 0.3 is 0 Å². The number of nitrogens with one attached hydrogen (secondary N) is 2. The van der Waals surface area contributed by atoms with E-state index < -0.39 is 15.8 Å². The number of carbonyl (C=O) groups is 1. The second kappa shape index (κ2) is 9.80. The number of aromatic nitrogens is 3. The molecule has 2 N–H and O–H groups in total. The Bertz CT molecular complexity index is 1750. The van der Waals surface area contributed by atoms with Crippen LogP contribution in [-0.2, 0) is 14.8 Å². The highest BCUT2D eigenvalue weighted by molar-refractivity contribution is 7.92. The van der Waals surface area contributed by atoms with Gasteiger partial charge in [-0.15, -0.1) is 0 Å². The number of sulfonamides is 1. The van der Waals surface area contributed by atoms with E-state index in [0.29, 0.717) is 40.6 Å². The number of halogens is 2. The molecule has 2 aromatic heterocycles. The van der Waals surface area contributed by atoms with Crippen molar-refractivity contribution in [3.05, 3.63) is 81.9 Å². The molecule has 196 valence electrons. The maximum atomic E-state index is 13.4. The second-order valence-corrected chi connectivity index (χ2v) is 11.2. The lowest BCUT2D eigenvalue weighted by molar-refractivity contribution is -0.128. The van der Waals surface area contributed by atoms with Crippen molar-refractivity contribution in [1.29, 1.82) is 0 Å². The van der Waals surface area contributed by atoms with Crippen LogP contribution in [0.4, 0.5) is 10.1 Å². The Morgan fingerprint density at radius 1 is 1.11 bits per heavy atom. The molecule has 0 radical (unpaired) electrons. The number of amides is 1. The predicted molar refractivity (Wildman–Crippen MR) is 142 cm³/mol. The van der Waals surface area contributed by atoms with Crippen LogP contribution in [0, 0.1) is 18.7 Å². The van der Waals surface area contributed by atoms with Crippen molar-refractivity contribution in [1.82, 2.24) is 19.9 Å². The number of carbonyl (C=O) groups excluding carboxylic acids is 1. The average molecular weight is 556 g/mol. The molecule has 0 aliphatic heterocycles. The van der Waals surface area contributed by atoms with Gasteiger partial charge in [-0.05, 0) is 61.7 Å². The number of pyridine rings is 1. The van der Waals surface area contributed by atoms with Crippen molar-refractivity contribution in [3.8, 4) is 11.1 Å². The minimum Gasteiger partial charge on any atom is -0.359 e. The number of anilines is 1. The number of benzene rings is 2. The lowest BCUT2D eigenvalue weighted by atomic mass is 9.79. The van der Waals surface area contributed by atoms with E-state index in [0.717, 1.165) is 18.2 Å². The average Bonchev–Trinajstić information content (AvgIpc) is 2.85. The largest absolute Gasteiger partial charge is 0.359 e. The highest BCUT2D eigenvalue weighted by atomic mass is 35.5. The highest BCUT2D eigenvalue weighted by Crippen LogP contribution is 2.37. The van der Waals surface area contributed by atoms with E-state index in [-0.39, 0.29) is 39.0 Å². The summed E-state index contributed by atoms with van der Waals surface area (Å²) in [4.78, 5) is 33.6. The monoisotopic (exact) mass is 555 g/mol. The van der Waals surface area contributed by atoms with Gasteiger partial charge in [0, 0.05) is 30.8 Å². The van der Waals surface area contributed by atoms with Crippen LogP contribution in [0.3, 0.4) is 0 Å². The lowest BCUT2D eigenvalue weighted by Gasteiger charge is -2.34. The fourth-order valence-corrected chi connectivity index (χ4v) is 6.14. The van der Waals surface area contributed by atoms with Crippen LogP contribution in [-0.4, -0.2) is 35.9 Å². The van der Waals surface area contributed by atoms with E-state index >= 15 is 0 Å². The molecule has 5 rings (SSSR count). The van der Waals surface area contributed by atoms with Gasteiger partial charge in [0.05, 0.1) is 33.6 Å². The summed E-state index contributed by atoms with van der Waals surface area (Å²) in [7, 11) is -2.54. The van der Waals surface area contributed by atoms with Gasteiger partial charge in [-0.1, -0.05) is 17.7 Å². The Morgan fingerprint density at radius 3 is 2.58 bits per heavy atom. The molecule has 0 spiro atoms. The number of hydrogen-bond acceptors (Lipinski definition) is 6. The zero-order valence-electron chi connectivity index (χ0n) is 20.4. The molecule has 1 amide bonds. The zero-order chi connectivity index (χ0) is 27.2. The van der Waals surface area contributed by atoms with Crippen molar-refractivity contribution in [3.63, 3.8) is 0 Å². The molecule has 1 aliphatic rings. The fraction of sp³-hybridized carbons (Fsp3) is 0.231. The molecule has 0 saturated heterocycles. The summed E-state index contributed by atoms with van der Waals surface area (Å²) in [5.41, 5.74) is 2.13. The molecule has 1 aliphatic carbocycles. The van der Waals surface area contributed by atoms with E-state index in [4.69, 9.17) is 11.6 Å². The van der Waals surface area contributed by atoms with Crippen LogP contribution in [0.25, 0.3) is 22.0 Å². The van der Waals surface area contributed by atoms with Gasteiger partial charge in [0.1, 0.15) is 10.7 Å². The summed E-state index contributed by atoms with van der Waals surface area (Å²) < 4.78 is 43.3. The zero-order valence-corrected chi connectivity index (χ0v) is 22.0. The molecule has 9 nitrogen and oxygen atoms in total. The smallest absolute Gasteiger partial charge is 0.263 e. The maximum Gasteiger partial charge on any atom is 0.263 e. The Hall–Kier alpha value is -3.83. The van der Waals surface area contributed by atoms with Crippen molar-refractivity contribution >= 4 is 44.1 Å². The summed E-state index contributed by atoms with van der Waals surface area (Å²) >= 11 is 5.97. The van der Waals surface area contributed by atoms with Gasteiger partial charge in [-0.2, -0.15) is 0 Å². The van der Waals surface area contributed by atoms with E-state index in [1.807, 2.05) is 0 Å². The molecule has 2 aromatic carbocycles. The molecule has 4 aromatic rings. The summed E-state index contributed by atoms with van der Waals surface area (Å²) in [6, 6.07) is 9.71. The Balaban J connectivity index is 1.47. The van der Waals surface area contributed by atoms with E-state index in [2.05, 4.69) is 20.0 Å². The molecular formula is C26H23ClFN5O4S. The van der Waals surface area contributed by atoms with Gasteiger partial charge in [0.25, 0.3) is 15.6 Å². The van der Waals surface area contributed by atoms with Gasteiger partial charge in [-0.3, -0.25) is 23.9 Å². The number of rotatable bonds is 6. The SMILES string of the molecule is CNC(=O)C1CC(n2cnc3ccc(-c4cnc(C)c(NS(=O)(=O)c5ccc(F)cc5Cl)c4)cc3c2=O)C1. The van der Waals surface area contributed by atoms with Crippen LogP contribution in [0.15, 0.2) is 64.7 Å². The third-order valence-electron chi connectivity index (χ3n) is 6.75. The van der Waals surface area contributed by atoms with Gasteiger partial charge in [-0.25, -0.2) is 17.8 Å². The summed E-state index contributed by atoms with van der Waals surface area (Å²) in [5, 5.41) is 2.79. The van der Waals surface area contributed by atoms with Crippen molar-refractivity contribution in [2.75, 3.05) is 11.8 Å². The quantitative estimate of drug-likeness (QED) is 0.370. The van der Waals surface area contributed by atoms with Crippen molar-refractivity contribution < 1.29 is 17.6 Å². The number of hydrogen-bond donors (Lipinski definition) is 2. The molecular weight excluding hydrogens is 533 g/mol. The molecule has 12 heteroatoms. The molecule has 0 atom stereocenters. The number of aryl methyl sites for hydroxylation is 1. The van der Waals surface area contributed by atoms with E-state index in [9.17, 15) is 22.4 Å². The molecule has 2 heterocycles. The highest BCUT2D eigenvalue weighted by Gasteiger charge is 2.35. The maximum absolute atomic E-state index is 13.4. The Labute approximate surface area is 222 Å². The first kappa shape index (κ1) is 25.8. The van der Waals surface area contributed by atoms with Crippen LogP contribution in [0.2, 0.25) is 5.02 Å². The molecule has 1 saturated carbocycles. The molecule has 38 heavy (non-hydrogen) atoms. The molecule has 1 fully saturated rings. The minimum absolute atomic E-state index is 0.0367. The van der Waals surface area contributed by atoms with Gasteiger partial charge < -0.3 is 5.32 Å². The first-order chi connectivity index (χ1) is 18.1. The lowest BCUT2D eigenvalue weighted by Crippen LogP contribution is -2.41. The standard InChI is InChI=1S/C26H23ClFN5O4S/c1-14-23(32-38(36,37)24-6-4-18(28)11-21(24)27)10-17(12-30-14)15-3-5-22-20(9-15)26(35)33(13-31-22)19-7-16(8-19)25(34)29-2/h3-6,9-13,16,19,32H,7-8H2,1-2H3,(H,29,34). The summed E-state index contributed by atoms with van der Waals surface area (Å²) in [6.45, 7) is 1.64. The second-order valence-electron chi connectivity index (χ2n) is 9.16. The summed E-state index contributed by atoms with van der Waals surface area (Å²) in [6.07, 6.45) is 4.22. The van der Waals surface area contributed by atoms with E-state index in [1.165, 1.54) is 6.33 Å². The van der Waals surface area contributed by atoms with Crippen LogP contribution >= 0.6 is 11.6 Å². The van der Waals surface area contributed by atoms with E-state index in [1.54, 1.807) is 49.0 Å². The Kier molecular flexibility index (Phi) is 6.66. The minimum atomic E-state index is -4.13. The third kappa shape index (κ3) is 4.74. The normalized spacial score (nSPS) is 17.2. The summed E-state index contributed by atoms with van der Waals surface area (Å²) in [5.74, 6) is -0.808. The third-order valence-corrected chi connectivity index (χ3v) is 8.60. The van der Waals surface area contributed by atoms with Gasteiger partial charge in [0.15, 0.2) is 0 Å². The topological polar surface area (TPSA) is 123 Å². The first-order valence-electron chi connectivity index (χ1n) is 11.7. The van der Waals surface area contributed by atoms with Crippen molar-refractivity contribution in [2.45, 2.75) is 30.7 Å². The van der Waals surface area contributed by atoms with Crippen molar-refractivity contribution in [2.24, 2.45) is 5.92 Å². The first-order valence-corrected chi connectivity index (χ1v) is 13.6.